The van der Waals surface area contributed by atoms with Crippen LogP contribution in [0.3, 0.4) is 0 Å². The second-order valence-electron chi connectivity index (χ2n) is 6.24. The lowest BCUT2D eigenvalue weighted by Crippen LogP contribution is -2.42. The fraction of sp³-hybridized carbons (Fsp3) is 0.647. The van der Waals surface area contributed by atoms with E-state index >= 15 is 0 Å². The van der Waals surface area contributed by atoms with Crippen molar-refractivity contribution in [2.45, 2.75) is 46.1 Å². The molecule has 0 radical (unpaired) electrons. The molecule has 2 unspecified atom stereocenters. The SMILES string of the molecule is CCCN1CCCC(C(C)Nc2c(Br)cc(C)cc2Br)C1. The topological polar surface area (TPSA) is 15.3 Å². The van der Waals surface area contributed by atoms with Crippen molar-refractivity contribution in [2.24, 2.45) is 5.92 Å². The van der Waals surface area contributed by atoms with Gasteiger partial charge in [-0.25, -0.2) is 0 Å². The van der Waals surface area contributed by atoms with Crippen molar-refractivity contribution in [2.75, 3.05) is 25.0 Å². The summed E-state index contributed by atoms with van der Waals surface area (Å²) in [6.07, 6.45) is 3.91. The number of rotatable bonds is 5. The van der Waals surface area contributed by atoms with Crippen molar-refractivity contribution < 1.29 is 0 Å². The van der Waals surface area contributed by atoms with Gasteiger partial charge in [-0.05, 0) is 102 Å². The molecule has 1 aromatic rings. The Morgan fingerprint density at radius 3 is 2.62 bits per heavy atom. The Bertz CT molecular complexity index is 451. The highest BCUT2D eigenvalue weighted by Crippen LogP contribution is 2.34. The van der Waals surface area contributed by atoms with Crippen molar-refractivity contribution >= 4 is 37.5 Å². The van der Waals surface area contributed by atoms with E-state index in [2.05, 4.69) is 75.0 Å². The Morgan fingerprint density at radius 2 is 2.00 bits per heavy atom. The monoisotopic (exact) mass is 416 g/mol. The van der Waals surface area contributed by atoms with Gasteiger partial charge in [0.15, 0.2) is 0 Å². The lowest BCUT2D eigenvalue weighted by Gasteiger charge is -2.36. The van der Waals surface area contributed by atoms with Gasteiger partial charge in [-0.1, -0.05) is 6.92 Å². The molecule has 1 saturated heterocycles. The Morgan fingerprint density at radius 1 is 1.33 bits per heavy atom. The molecular weight excluding hydrogens is 392 g/mol. The number of halogens is 2. The van der Waals surface area contributed by atoms with Crippen molar-refractivity contribution in [1.29, 1.82) is 0 Å². The Labute approximate surface area is 145 Å². The summed E-state index contributed by atoms with van der Waals surface area (Å²) in [4.78, 5) is 2.62. The van der Waals surface area contributed by atoms with Crippen LogP contribution in [-0.2, 0) is 0 Å². The average Bonchev–Trinajstić information content (AvgIpc) is 2.43. The lowest BCUT2D eigenvalue weighted by molar-refractivity contribution is 0.165. The Balaban J connectivity index is 2.02. The van der Waals surface area contributed by atoms with Crippen LogP contribution in [0, 0.1) is 12.8 Å². The maximum absolute atomic E-state index is 3.72. The zero-order valence-corrected chi connectivity index (χ0v) is 16.4. The predicted molar refractivity (Wildman–Crippen MR) is 99.1 cm³/mol. The van der Waals surface area contributed by atoms with Crippen LogP contribution in [0.1, 0.15) is 38.7 Å². The first-order valence-electron chi connectivity index (χ1n) is 7.95. The minimum atomic E-state index is 0.486. The van der Waals surface area contributed by atoms with E-state index in [0.717, 1.165) is 14.9 Å². The highest BCUT2D eigenvalue weighted by Gasteiger charge is 2.25. The van der Waals surface area contributed by atoms with Crippen LogP contribution in [0.25, 0.3) is 0 Å². The molecule has 0 amide bonds. The molecule has 4 heteroatoms. The first kappa shape index (κ1) is 17.3. The molecule has 0 bridgehead atoms. The second-order valence-corrected chi connectivity index (χ2v) is 7.95. The molecule has 118 valence electrons. The first-order chi connectivity index (χ1) is 10.0. The van der Waals surface area contributed by atoms with Gasteiger partial charge < -0.3 is 10.2 Å². The van der Waals surface area contributed by atoms with Gasteiger partial charge in [0.25, 0.3) is 0 Å². The normalized spacial score (nSPS) is 21.3. The van der Waals surface area contributed by atoms with E-state index in [0.29, 0.717) is 6.04 Å². The molecule has 1 N–H and O–H groups in total. The third-order valence-corrected chi connectivity index (χ3v) is 5.60. The van der Waals surface area contributed by atoms with Crippen molar-refractivity contribution in [1.82, 2.24) is 4.90 Å². The summed E-state index contributed by atoms with van der Waals surface area (Å²) in [7, 11) is 0. The average molecular weight is 418 g/mol. The van der Waals surface area contributed by atoms with Crippen LogP contribution < -0.4 is 5.32 Å². The zero-order chi connectivity index (χ0) is 15.4. The minimum absolute atomic E-state index is 0.486. The van der Waals surface area contributed by atoms with Crippen LogP contribution in [0.15, 0.2) is 21.1 Å². The summed E-state index contributed by atoms with van der Waals surface area (Å²) < 4.78 is 2.28. The molecule has 1 heterocycles. The quantitative estimate of drug-likeness (QED) is 0.685. The van der Waals surface area contributed by atoms with E-state index in [-0.39, 0.29) is 0 Å². The Kier molecular flexibility index (Phi) is 6.57. The minimum Gasteiger partial charge on any atom is -0.380 e. The third-order valence-electron chi connectivity index (χ3n) is 4.35. The molecule has 0 spiro atoms. The predicted octanol–water partition coefficient (Wildman–Crippen LogP) is 5.44. The number of hydrogen-bond acceptors (Lipinski definition) is 2. The Hall–Kier alpha value is -0.0600. The number of nitrogens with zero attached hydrogens (tertiary/aromatic N) is 1. The van der Waals surface area contributed by atoms with Gasteiger partial charge in [0.05, 0.1) is 5.69 Å². The van der Waals surface area contributed by atoms with E-state index in [1.807, 2.05) is 0 Å². The summed E-state index contributed by atoms with van der Waals surface area (Å²) >= 11 is 7.37. The van der Waals surface area contributed by atoms with Crippen molar-refractivity contribution in [3.8, 4) is 0 Å². The van der Waals surface area contributed by atoms with E-state index in [4.69, 9.17) is 0 Å². The van der Waals surface area contributed by atoms with Crippen molar-refractivity contribution in [3.05, 3.63) is 26.6 Å². The second kappa shape index (κ2) is 7.98. The summed E-state index contributed by atoms with van der Waals surface area (Å²) in [5, 5.41) is 3.72. The third kappa shape index (κ3) is 4.70. The summed E-state index contributed by atoms with van der Waals surface area (Å²) in [6, 6.07) is 4.83. The van der Waals surface area contributed by atoms with Crippen LogP contribution in [0.5, 0.6) is 0 Å². The standard InChI is InChI=1S/C17H26Br2N2/c1-4-7-21-8-5-6-14(11-21)13(3)20-17-15(18)9-12(2)10-16(17)19/h9-10,13-14,20H,4-8,11H2,1-3H3. The van der Waals surface area contributed by atoms with E-state index < -0.39 is 0 Å². The number of likely N-dealkylation sites (tertiary alicyclic amines) is 1. The molecule has 0 aliphatic carbocycles. The molecule has 2 atom stereocenters. The number of aryl methyl sites for hydroxylation is 1. The van der Waals surface area contributed by atoms with Gasteiger partial charge >= 0.3 is 0 Å². The van der Waals surface area contributed by atoms with Gasteiger partial charge in [-0.2, -0.15) is 0 Å². The highest BCUT2D eigenvalue weighted by molar-refractivity contribution is 9.11. The largest absolute Gasteiger partial charge is 0.380 e. The summed E-state index contributed by atoms with van der Waals surface area (Å²) in [5.74, 6) is 0.727. The van der Waals surface area contributed by atoms with Gasteiger partial charge in [0.1, 0.15) is 0 Å². The van der Waals surface area contributed by atoms with Crippen LogP contribution >= 0.6 is 31.9 Å². The summed E-state index contributed by atoms with van der Waals surface area (Å²) in [5.41, 5.74) is 2.44. The van der Waals surface area contributed by atoms with E-state index in [1.165, 1.54) is 50.1 Å². The lowest BCUT2D eigenvalue weighted by atomic mass is 9.91. The number of hydrogen-bond donors (Lipinski definition) is 1. The smallest absolute Gasteiger partial charge is 0.0631 e. The molecule has 0 aromatic heterocycles. The first-order valence-corrected chi connectivity index (χ1v) is 9.54. The fourth-order valence-corrected chi connectivity index (χ4v) is 4.85. The molecule has 21 heavy (non-hydrogen) atoms. The van der Waals surface area contributed by atoms with E-state index in [9.17, 15) is 0 Å². The number of benzene rings is 1. The van der Waals surface area contributed by atoms with Crippen LogP contribution in [0.4, 0.5) is 5.69 Å². The molecule has 1 aliphatic heterocycles. The van der Waals surface area contributed by atoms with Gasteiger partial charge in [-0.3, -0.25) is 0 Å². The highest BCUT2D eigenvalue weighted by atomic mass is 79.9. The number of nitrogens with one attached hydrogen (secondary N) is 1. The molecule has 2 rings (SSSR count). The number of anilines is 1. The van der Waals surface area contributed by atoms with Gasteiger partial charge in [0.2, 0.25) is 0 Å². The molecule has 0 saturated carbocycles. The maximum Gasteiger partial charge on any atom is 0.0631 e. The molecular formula is C17H26Br2N2. The van der Waals surface area contributed by atoms with Crippen LogP contribution in [0.2, 0.25) is 0 Å². The fourth-order valence-electron chi connectivity index (χ4n) is 3.20. The van der Waals surface area contributed by atoms with Crippen molar-refractivity contribution in [3.63, 3.8) is 0 Å². The zero-order valence-electron chi connectivity index (χ0n) is 13.3. The van der Waals surface area contributed by atoms with E-state index in [1.54, 1.807) is 0 Å². The maximum atomic E-state index is 3.72. The molecule has 1 fully saturated rings. The number of piperidine rings is 1. The molecule has 1 aromatic carbocycles. The van der Waals surface area contributed by atoms with Gasteiger partial charge in [-0.15, -0.1) is 0 Å². The molecule has 2 nitrogen and oxygen atoms in total. The van der Waals surface area contributed by atoms with Gasteiger partial charge in [0, 0.05) is 21.5 Å². The van der Waals surface area contributed by atoms with Crippen LogP contribution in [-0.4, -0.2) is 30.6 Å². The summed E-state index contributed by atoms with van der Waals surface area (Å²) in [6.45, 7) is 10.4. The molecule has 1 aliphatic rings.